The molecule has 2 atom stereocenters. The molecule has 2 rings (SSSR count). The van der Waals surface area contributed by atoms with Gasteiger partial charge in [0, 0.05) is 6.42 Å². The van der Waals surface area contributed by atoms with Gasteiger partial charge in [-0.15, -0.1) is 0 Å². The van der Waals surface area contributed by atoms with Crippen LogP contribution >= 0.6 is 0 Å². The van der Waals surface area contributed by atoms with Crippen molar-refractivity contribution in [1.29, 1.82) is 0 Å². The van der Waals surface area contributed by atoms with Gasteiger partial charge >= 0.3 is 17.9 Å². The first-order valence-corrected chi connectivity index (χ1v) is 8.56. The van der Waals surface area contributed by atoms with Crippen molar-refractivity contribution in [1.82, 2.24) is 0 Å². The van der Waals surface area contributed by atoms with E-state index < -0.39 is 17.4 Å². The first-order valence-electron chi connectivity index (χ1n) is 8.56. The highest BCUT2D eigenvalue weighted by Crippen LogP contribution is 2.59. The van der Waals surface area contributed by atoms with Crippen molar-refractivity contribution in [2.45, 2.75) is 51.9 Å². The molecule has 0 saturated heterocycles. The molecule has 0 aromatic rings. The molecule has 0 aliphatic heterocycles. The van der Waals surface area contributed by atoms with Gasteiger partial charge in [-0.2, -0.15) is 0 Å². The molecular formula is C18H28O6. The molecule has 6 nitrogen and oxygen atoms in total. The van der Waals surface area contributed by atoms with Crippen molar-refractivity contribution in [2.75, 3.05) is 21.3 Å². The Morgan fingerprint density at radius 2 is 1.46 bits per heavy atom. The molecule has 0 bridgehead atoms. The molecule has 136 valence electrons. The Kier molecular flexibility index (Phi) is 5.56. The number of methoxy groups -OCH3 is 3. The molecule has 0 radical (unpaired) electrons. The molecule has 2 saturated carbocycles. The number of carbonyl (C=O) groups is 3. The maximum atomic E-state index is 12.5. The lowest BCUT2D eigenvalue weighted by Gasteiger charge is -2.35. The molecule has 0 aromatic heterocycles. The van der Waals surface area contributed by atoms with Gasteiger partial charge in [0.05, 0.1) is 21.3 Å². The van der Waals surface area contributed by atoms with E-state index in [4.69, 9.17) is 14.2 Å². The molecule has 2 fully saturated rings. The van der Waals surface area contributed by atoms with Crippen LogP contribution in [0.3, 0.4) is 0 Å². The van der Waals surface area contributed by atoms with E-state index >= 15 is 0 Å². The van der Waals surface area contributed by atoms with Crippen LogP contribution in [0.5, 0.6) is 0 Å². The van der Waals surface area contributed by atoms with Gasteiger partial charge in [0.15, 0.2) is 5.41 Å². The summed E-state index contributed by atoms with van der Waals surface area (Å²) in [6.07, 6.45) is 5.25. The lowest BCUT2D eigenvalue weighted by atomic mass is 9.69. The second-order valence-corrected chi connectivity index (χ2v) is 7.48. The van der Waals surface area contributed by atoms with E-state index in [2.05, 4.69) is 6.92 Å². The fourth-order valence-corrected chi connectivity index (χ4v) is 4.90. The third kappa shape index (κ3) is 3.15. The lowest BCUT2D eigenvalue weighted by Crippen LogP contribution is -2.40. The van der Waals surface area contributed by atoms with Crippen LogP contribution in [0.4, 0.5) is 0 Å². The van der Waals surface area contributed by atoms with Gasteiger partial charge in [0.2, 0.25) is 0 Å². The molecule has 0 heterocycles. The quantitative estimate of drug-likeness (QED) is 0.435. The SMILES string of the molecule is COC(=O)CC1CC(C(=O)OC)(C(=O)OC)CC1C1(C)CCCC1. The zero-order valence-electron chi connectivity index (χ0n) is 15.1. The monoisotopic (exact) mass is 340 g/mol. The summed E-state index contributed by atoms with van der Waals surface area (Å²) in [7, 11) is 3.93. The zero-order chi connectivity index (χ0) is 18.0. The van der Waals surface area contributed by atoms with Crippen molar-refractivity contribution in [2.24, 2.45) is 22.7 Å². The van der Waals surface area contributed by atoms with Gasteiger partial charge in [-0.1, -0.05) is 19.8 Å². The molecule has 2 aliphatic carbocycles. The Morgan fingerprint density at radius 3 is 1.92 bits per heavy atom. The van der Waals surface area contributed by atoms with Crippen LogP contribution in [0.15, 0.2) is 0 Å². The number of rotatable bonds is 5. The maximum Gasteiger partial charge on any atom is 0.323 e. The van der Waals surface area contributed by atoms with E-state index in [1.54, 1.807) is 0 Å². The Morgan fingerprint density at radius 1 is 0.917 bits per heavy atom. The molecule has 0 spiro atoms. The van der Waals surface area contributed by atoms with Crippen LogP contribution < -0.4 is 0 Å². The summed E-state index contributed by atoms with van der Waals surface area (Å²) >= 11 is 0. The normalized spacial score (nSPS) is 27.5. The van der Waals surface area contributed by atoms with E-state index in [-0.39, 0.29) is 36.1 Å². The zero-order valence-corrected chi connectivity index (χ0v) is 15.1. The van der Waals surface area contributed by atoms with Gasteiger partial charge in [0.1, 0.15) is 0 Å². The number of hydrogen-bond donors (Lipinski definition) is 0. The Bertz CT molecular complexity index is 490. The minimum Gasteiger partial charge on any atom is -0.469 e. The maximum absolute atomic E-state index is 12.5. The van der Waals surface area contributed by atoms with Gasteiger partial charge in [0.25, 0.3) is 0 Å². The summed E-state index contributed by atoms with van der Waals surface area (Å²) in [4.78, 5) is 36.8. The van der Waals surface area contributed by atoms with E-state index in [9.17, 15) is 14.4 Å². The summed E-state index contributed by atoms with van der Waals surface area (Å²) in [5, 5.41) is 0. The van der Waals surface area contributed by atoms with Crippen molar-refractivity contribution < 1.29 is 28.6 Å². The van der Waals surface area contributed by atoms with Crippen LogP contribution in [0.2, 0.25) is 0 Å². The molecule has 0 amide bonds. The molecule has 24 heavy (non-hydrogen) atoms. The number of ether oxygens (including phenoxy) is 3. The minimum atomic E-state index is -1.31. The highest BCUT2D eigenvalue weighted by atomic mass is 16.5. The predicted molar refractivity (Wildman–Crippen MR) is 85.9 cm³/mol. The second-order valence-electron chi connectivity index (χ2n) is 7.48. The number of carbonyl (C=O) groups excluding carboxylic acids is 3. The molecule has 0 aromatic carbocycles. The summed E-state index contributed by atoms with van der Waals surface area (Å²) < 4.78 is 14.7. The van der Waals surface area contributed by atoms with Crippen LogP contribution in [-0.4, -0.2) is 39.2 Å². The average molecular weight is 340 g/mol. The third-order valence-corrected chi connectivity index (χ3v) is 6.20. The van der Waals surface area contributed by atoms with Crippen molar-refractivity contribution >= 4 is 17.9 Å². The largest absolute Gasteiger partial charge is 0.469 e. The topological polar surface area (TPSA) is 78.9 Å². The van der Waals surface area contributed by atoms with Crippen LogP contribution in [-0.2, 0) is 28.6 Å². The average Bonchev–Trinajstić information content (AvgIpc) is 3.19. The van der Waals surface area contributed by atoms with Gasteiger partial charge in [-0.25, -0.2) is 0 Å². The second kappa shape index (κ2) is 7.11. The van der Waals surface area contributed by atoms with Crippen LogP contribution in [0.25, 0.3) is 0 Å². The predicted octanol–water partition coefficient (Wildman–Crippen LogP) is 2.49. The first-order chi connectivity index (χ1) is 11.3. The molecule has 6 heteroatoms. The fourth-order valence-electron chi connectivity index (χ4n) is 4.90. The summed E-state index contributed by atoms with van der Waals surface area (Å²) in [6.45, 7) is 2.21. The van der Waals surface area contributed by atoms with E-state index in [1.807, 2.05) is 0 Å². The smallest absolute Gasteiger partial charge is 0.323 e. The fraction of sp³-hybridized carbons (Fsp3) is 0.833. The van der Waals surface area contributed by atoms with Gasteiger partial charge in [-0.05, 0) is 42.9 Å². The first kappa shape index (κ1) is 18.7. The molecule has 0 N–H and O–H groups in total. The van der Waals surface area contributed by atoms with Crippen molar-refractivity contribution in [3.8, 4) is 0 Å². The van der Waals surface area contributed by atoms with Crippen LogP contribution in [0, 0.1) is 22.7 Å². The lowest BCUT2D eigenvalue weighted by molar-refractivity contribution is -0.169. The van der Waals surface area contributed by atoms with Gasteiger partial charge < -0.3 is 14.2 Å². The van der Waals surface area contributed by atoms with E-state index in [1.165, 1.54) is 21.3 Å². The Hall–Kier alpha value is -1.59. The molecular weight excluding hydrogens is 312 g/mol. The van der Waals surface area contributed by atoms with E-state index in [0.717, 1.165) is 25.7 Å². The number of esters is 3. The highest BCUT2D eigenvalue weighted by Gasteiger charge is 2.61. The van der Waals surface area contributed by atoms with Crippen LogP contribution in [0.1, 0.15) is 51.9 Å². The molecule has 2 unspecified atom stereocenters. The van der Waals surface area contributed by atoms with Crippen molar-refractivity contribution in [3.05, 3.63) is 0 Å². The third-order valence-electron chi connectivity index (χ3n) is 6.20. The number of hydrogen-bond acceptors (Lipinski definition) is 6. The van der Waals surface area contributed by atoms with Crippen molar-refractivity contribution in [3.63, 3.8) is 0 Å². The minimum absolute atomic E-state index is 0.0302. The van der Waals surface area contributed by atoms with E-state index in [0.29, 0.717) is 6.42 Å². The standard InChI is InChI=1S/C18H28O6/c1-17(7-5-6-8-17)13-11-18(15(20)23-3,16(21)24-4)10-12(13)9-14(19)22-2/h12-13H,5-11H2,1-4H3. The van der Waals surface area contributed by atoms with Gasteiger partial charge in [-0.3, -0.25) is 14.4 Å². The summed E-state index contributed by atoms with van der Waals surface area (Å²) in [5.74, 6) is -1.42. The Labute approximate surface area is 143 Å². The summed E-state index contributed by atoms with van der Waals surface area (Å²) in [5.41, 5.74) is -1.28. The summed E-state index contributed by atoms with van der Waals surface area (Å²) in [6, 6.07) is 0. The molecule has 2 aliphatic rings. The Balaban J connectivity index is 2.37. The highest BCUT2D eigenvalue weighted by molar-refractivity contribution is 6.00.